The largest absolute Gasteiger partial charge is 0.574 e. The Labute approximate surface area is 96.0 Å². The van der Waals surface area contributed by atoms with Crippen LogP contribution in [0.25, 0.3) is 0 Å². The molecule has 0 fully saturated rings. The highest BCUT2D eigenvalue weighted by Crippen LogP contribution is 2.29. The van der Waals surface area contributed by atoms with Crippen LogP contribution in [0.2, 0.25) is 0 Å². The van der Waals surface area contributed by atoms with Gasteiger partial charge in [0.1, 0.15) is 17.5 Å². The van der Waals surface area contributed by atoms with Crippen molar-refractivity contribution in [1.82, 2.24) is 4.98 Å². The van der Waals surface area contributed by atoms with Crippen LogP contribution in [-0.2, 0) is 0 Å². The van der Waals surface area contributed by atoms with E-state index in [1.165, 1.54) is 6.07 Å². The summed E-state index contributed by atoms with van der Waals surface area (Å²) in [4.78, 5) is 3.30. The third kappa shape index (κ3) is 3.12. The van der Waals surface area contributed by atoms with Crippen LogP contribution in [0, 0.1) is 14.9 Å². The van der Waals surface area contributed by atoms with E-state index in [-0.39, 0.29) is 15.0 Å². The molecule has 0 saturated heterocycles. The lowest BCUT2D eigenvalue weighted by molar-refractivity contribution is -0.275. The summed E-state index contributed by atoms with van der Waals surface area (Å²) < 4.78 is 39.5. The topological polar surface area (TPSA) is 71.9 Å². The minimum atomic E-state index is -4.88. The average Bonchev–Trinajstić information content (AvgIpc) is 2.10. The van der Waals surface area contributed by atoms with E-state index in [1.807, 2.05) is 0 Å². The average molecular weight is 329 g/mol. The van der Waals surface area contributed by atoms with Crippen LogP contribution >= 0.6 is 22.6 Å². The van der Waals surface area contributed by atoms with Crippen LogP contribution in [-0.4, -0.2) is 11.3 Å². The van der Waals surface area contributed by atoms with Crippen molar-refractivity contribution in [3.05, 3.63) is 15.3 Å². The molecule has 1 rings (SSSR count). The number of nitrogens with zero attached hydrogens (tertiary/aromatic N) is 2. The summed E-state index contributed by atoms with van der Waals surface area (Å²) in [6, 6.07) is 2.87. The summed E-state index contributed by atoms with van der Waals surface area (Å²) in [5.41, 5.74) is 4.88. The maximum absolute atomic E-state index is 11.9. The zero-order chi connectivity index (χ0) is 11.6. The number of nitriles is 1. The first-order valence-electron chi connectivity index (χ1n) is 3.45. The van der Waals surface area contributed by atoms with E-state index in [0.717, 1.165) is 0 Å². The molecule has 0 bridgehead atoms. The van der Waals surface area contributed by atoms with Crippen molar-refractivity contribution < 1.29 is 17.9 Å². The molecule has 0 aromatic carbocycles. The second-order valence-electron chi connectivity index (χ2n) is 2.37. The molecule has 1 aromatic rings. The third-order valence-electron chi connectivity index (χ3n) is 1.30. The number of hydrogen-bond donors (Lipinski definition) is 1. The molecule has 0 unspecified atom stereocenters. The number of ether oxygens (including phenoxy) is 1. The lowest BCUT2D eigenvalue weighted by Crippen LogP contribution is -2.19. The van der Waals surface area contributed by atoms with Crippen molar-refractivity contribution in [3.8, 4) is 11.9 Å². The zero-order valence-corrected chi connectivity index (χ0v) is 9.13. The van der Waals surface area contributed by atoms with Gasteiger partial charge in [-0.1, -0.05) is 0 Å². The van der Waals surface area contributed by atoms with E-state index in [2.05, 4.69) is 9.72 Å². The zero-order valence-electron chi connectivity index (χ0n) is 6.97. The Bertz CT molecular complexity index is 427. The van der Waals surface area contributed by atoms with Gasteiger partial charge in [0.2, 0.25) is 5.88 Å². The number of rotatable bonds is 1. The first-order chi connectivity index (χ1) is 6.83. The van der Waals surface area contributed by atoms with E-state index in [1.54, 1.807) is 28.7 Å². The summed E-state index contributed by atoms with van der Waals surface area (Å²) in [5, 5.41) is 8.48. The van der Waals surface area contributed by atoms with Crippen molar-refractivity contribution >= 4 is 28.3 Å². The van der Waals surface area contributed by atoms with Crippen molar-refractivity contribution in [3.63, 3.8) is 0 Å². The van der Waals surface area contributed by atoms with Gasteiger partial charge >= 0.3 is 6.36 Å². The molecule has 0 radical (unpaired) electrons. The number of alkyl halides is 3. The fourth-order valence-electron chi connectivity index (χ4n) is 0.747. The molecule has 15 heavy (non-hydrogen) atoms. The maximum Gasteiger partial charge on any atom is 0.574 e. The van der Waals surface area contributed by atoms with Gasteiger partial charge in [-0.05, 0) is 28.7 Å². The molecular weight excluding hydrogens is 326 g/mol. The Hall–Kier alpha value is -1.24. The Morgan fingerprint density at radius 1 is 1.53 bits per heavy atom. The Morgan fingerprint density at radius 2 is 2.13 bits per heavy atom. The number of nitrogen functional groups attached to an aromatic ring is 1. The van der Waals surface area contributed by atoms with Crippen LogP contribution in [0.5, 0.6) is 5.88 Å². The number of aromatic nitrogens is 1. The van der Waals surface area contributed by atoms with E-state index in [0.29, 0.717) is 0 Å². The van der Waals surface area contributed by atoms with E-state index in [4.69, 9.17) is 11.0 Å². The fraction of sp³-hybridized carbons (Fsp3) is 0.143. The Balaban J connectivity index is 3.18. The monoisotopic (exact) mass is 329 g/mol. The van der Waals surface area contributed by atoms with E-state index in [9.17, 15) is 13.2 Å². The lowest BCUT2D eigenvalue weighted by atomic mass is 10.3. The van der Waals surface area contributed by atoms with Crippen molar-refractivity contribution in [1.29, 1.82) is 5.26 Å². The first kappa shape index (κ1) is 11.8. The van der Waals surface area contributed by atoms with Gasteiger partial charge in [0.25, 0.3) is 0 Å². The number of pyridine rings is 1. The molecule has 80 valence electrons. The van der Waals surface area contributed by atoms with Crippen LogP contribution in [0.4, 0.5) is 18.9 Å². The molecule has 0 aliphatic carbocycles. The number of halogens is 4. The highest BCUT2D eigenvalue weighted by atomic mass is 127. The van der Waals surface area contributed by atoms with Crippen molar-refractivity contribution in [2.75, 3.05) is 5.73 Å². The molecule has 0 spiro atoms. The SMILES string of the molecule is N#Cc1cc(I)c(N)c(OC(F)(F)F)n1. The van der Waals surface area contributed by atoms with Gasteiger partial charge < -0.3 is 10.5 Å². The third-order valence-corrected chi connectivity index (χ3v) is 2.19. The normalized spacial score (nSPS) is 10.9. The van der Waals surface area contributed by atoms with Crippen molar-refractivity contribution in [2.24, 2.45) is 0 Å². The Morgan fingerprint density at radius 3 is 2.60 bits per heavy atom. The van der Waals surface area contributed by atoms with Gasteiger partial charge in [-0.15, -0.1) is 13.2 Å². The molecule has 0 aliphatic rings. The van der Waals surface area contributed by atoms with Gasteiger partial charge in [0.05, 0.1) is 0 Å². The van der Waals surface area contributed by atoms with Gasteiger partial charge in [0.15, 0.2) is 0 Å². The molecule has 0 saturated carbocycles. The van der Waals surface area contributed by atoms with Crippen LogP contribution in [0.3, 0.4) is 0 Å². The standard InChI is InChI=1S/C7H3F3IN3O/c8-7(9,10)15-6-5(13)4(11)1-3(2-12)14-6/h1H,13H2. The predicted molar refractivity (Wildman–Crippen MR) is 52.8 cm³/mol. The van der Waals surface area contributed by atoms with Crippen LogP contribution < -0.4 is 10.5 Å². The van der Waals surface area contributed by atoms with E-state index >= 15 is 0 Å². The predicted octanol–water partition coefficient (Wildman–Crippen LogP) is 2.04. The minimum Gasteiger partial charge on any atom is -0.393 e. The van der Waals surface area contributed by atoms with Gasteiger partial charge in [0, 0.05) is 3.57 Å². The molecule has 4 nitrogen and oxygen atoms in total. The van der Waals surface area contributed by atoms with Gasteiger partial charge in [-0.3, -0.25) is 0 Å². The Kier molecular flexibility index (Phi) is 3.23. The van der Waals surface area contributed by atoms with Crippen molar-refractivity contribution in [2.45, 2.75) is 6.36 Å². The second-order valence-corrected chi connectivity index (χ2v) is 3.53. The summed E-state index contributed by atoms with van der Waals surface area (Å²) in [5.74, 6) is -0.800. The molecule has 2 N–H and O–H groups in total. The summed E-state index contributed by atoms with van der Waals surface area (Å²) in [6.07, 6.45) is -4.88. The van der Waals surface area contributed by atoms with E-state index < -0.39 is 12.2 Å². The molecule has 0 amide bonds. The lowest BCUT2D eigenvalue weighted by Gasteiger charge is -2.10. The molecule has 0 atom stereocenters. The number of nitrogens with two attached hydrogens (primary N) is 1. The summed E-state index contributed by atoms with van der Waals surface area (Å²) in [6.45, 7) is 0. The highest BCUT2D eigenvalue weighted by Gasteiger charge is 2.33. The van der Waals surface area contributed by atoms with Gasteiger partial charge in [-0.2, -0.15) is 5.26 Å². The van der Waals surface area contributed by atoms with Gasteiger partial charge in [-0.25, -0.2) is 4.98 Å². The molecule has 0 aliphatic heterocycles. The highest BCUT2D eigenvalue weighted by molar-refractivity contribution is 14.1. The minimum absolute atomic E-state index is 0.187. The number of anilines is 1. The molecule has 1 heterocycles. The molecular formula is C7H3F3IN3O. The van der Waals surface area contributed by atoms with Crippen LogP contribution in [0.1, 0.15) is 5.69 Å². The van der Waals surface area contributed by atoms with Crippen LogP contribution in [0.15, 0.2) is 6.07 Å². The summed E-state index contributed by atoms with van der Waals surface area (Å²) in [7, 11) is 0. The second kappa shape index (κ2) is 4.09. The quantitative estimate of drug-likeness (QED) is 0.801. The summed E-state index contributed by atoms with van der Waals surface area (Å²) >= 11 is 1.69. The molecule has 8 heteroatoms. The smallest absolute Gasteiger partial charge is 0.393 e. The first-order valence-corrected chi connectivity index (χ1v) is 4.53. The maximum atomic E-state index is 11.9. The number of hydrogen-bond acceptors (Lipinski definition) is 4. The fourth-order valence-corrected chi connectivity index (χ4v) is 1.27. The molecule has 1 aromatic heterocycles.